The first-order valence-corrected chi connectivity index (χ1v) is 6.89. The third kappa shape index (κ3) is 9.47. The van der Waals surface area contributed by atoms with Gasteiger partial charge >= 0.3 is 5.97 Å². The van der Waals surface area contributed by atoms with Gasteiger partial charge in [0.25, 0.3) is 0 Å². The predicted octanol–water partition coefficient (Wildman–Crippen LogP) is 1.76. The molecule has 19 heavy (non-hydrogen) atoms. The number of amides is 1. The molecule has 0 aliphatic heterocycles. The van der Waals surface area contributed by atoms with Crippen LogP contribution in [0.5, 0.6) is 0 Å². The highest BCUT2D eigenvalue weighted by atomic mass is 16.4. The minimum atomic E-state index is -0.845. The maximum Gasteiger partial charge on any atom is 0.303 e. The highest BCUT2D eigenvalue weighted by molar-refractivity contribution is 5.77. The third-order valence-electron chi connectivity index (χ3n) is 3.05. The third-order valence-corrected chi connectivity index (χ3v) is 3.05. The number of aliphatic carboxylic acids is 1. The Morgan fingerprint density at radius 3 is 2.32 bits per heavy atom. The largest absolute Gasteiger partial charge is 0.481 e. The average Bonchev–Trinajstić information content (AvgIpc) is 2.24. The molecular formula is C14H28N2O3. The van der Waals surface area contributed by atoms with E-state index in [1.54, 1.807) is 0 Å². The number of hydrogen-bond acceptors (Lipinski definition) is 3. The minimum absolute atomic E-state index is 0.0495. The van der Waals surface area contributed by atoms with Gasteiger partial charge in [0.05, 0.1) is 0 Å². The highest BCUT2D eigenvalue weighted by Gasteiger charge is 2.23. The molecule has 1 atom stereocenters. The second-order valence-electron chi connectivity index (χ2n) is 6.26. The summed E-state index contributed by atoms with van der Waals surface area (Å²) >= 11 is 0. The van der Waals surface area contributed by atoms with Gasteiger partial charge < -0.3 is 16.2 Å². The number of carboxylic acid groups (broad SMARTS) is 1. The van der Waals surface area contributed by atoms with Crippen molar-refractivity contribution in [2.45, 2.75) is 58.9 Å². The first kappa shape index (κ1) is 17.9. The lowest BCUT2D eigenvalue weighted by atomic mass is 9.92. The number of nitrogens with two attached hydrogens (primary N) is 1. The van der Waals surface area contributed by atoms with E-state index in [4.69, 9.17) is 10.8 Å². The van der Waals surface area contributed by atoms with Crippen molar-refractivity contribution in [1.29, 1.82) is 0 Å². The molecule has 1 unspecified atom stereocenters. The fraction of sp³-hybridized carbons (Fsp3) is 0.857. The van der Waals surface area contributed by atoms with E-state index in [1.807, 2.05) is 13.8 Å². The smallest absolute Gasteiger partial charge is 0.303 e. The molecule has 0 bridgehead atoms. The van der Waals surface area contributed by atoms with E-state index in [2.05, 4.69) is 19.2 Å². The first-order valence-electron chi connectivity index (χ1n) is 6.89. The molecule has 0 aromatic carbocycles. The van der Waals surface area contributed by atoms with Crippen LogP contribution in [0, 0.1) is 11.8 Å². The van der Waals surface area contributed by atoms with Crippen molar-refractivity contribution in [1.82, 2.24) is 5.32 Å². The molecule has 0 aliphatic carbocycles. The lowest BCUT2D eigenvalue weighted by Gasteiger charge is -2.27. The van der Waals surface area contributed by atoms with Gasteiger partial charge in [-0.25, -0.2) is 0 Å². The molecule has 0 fully saturated rings. The number of rotatable bonds is 9. The summed E-state index contributed by atoms with van der Waals surface area (Å²) in [6.45, 7) is 8.40. The molecule has 4 N–H and O–H groups in total. The van der Waals surface area contributed by atoms with Crippen LogP contribution in [0.25, 0.3) is 0 Å². The Labute approximate surface area is 115 Å². The highest BCUT2D eigenvalue weighted by Crippen LogP contribution is 2.16. The SMILES string of the molecule is CC(C)CC(CN)CC(=O)NC(C)(C)CCC(=O)O. The molecule has 112 valence electrons. The fourth-order valence-corrected chi connectivity index (χ4v) is 2.10. The summed E-state index contributed by atoms with van der Waals surface area (Å²) in [4.78, 5) is 22.5. The van der Waals surface area contributed by atoms with E-state index in [1.165, 1.54) is 0 Å². The van der Waals surface area contributed by atoms with E-state index < -0.39 is 11.5 Å². The van der Waals surface area contributed by atoms with Gasteiger partial charge in [-0.1, -0.05) is 13.8 Å². The van der Waals surface area contributed by atoms with Gasteiger partial charge in [-0.15, -0.1) is 0 Å². The number of carboxylic acids is 1. The van der Waals surface area contributed by atoms with Crippen LogP contribution < -0.4 is 11.1 Å². The Bertz CT molecular complexity index is 301. The summed E-state index contributed by atoms with van der Waals surface area (Å²) in [7, 11) is 0. The van der Waals surface area contributed by atoms with E-state index in [-0.39, 0.29) is 18.2 Å². The number of carbonyl (C=O) groups excluding carboxylic acids is 1. The van der Waals surface area contributed by atoms with E-state index in [9.17, 15) is 9.59 Å². The van der Waals surface area contributed by atoms with Gasteiger partial charge in [0.1, 0.15) is 0 Å². The lowest BCUT2D eigenvalue weighted by Crippen LogP contribution is -2.44. The molecule has 0 spiro atoms. The van der Waals surface area contributed by atoms with Crippen LogP contribution in [0.4, 0.5) is 0 Å². The van der Waals surface area contributed by atoms with Crippen LogP contribution in [-0.2, 0) is 9.59 Å². The number of carbonyl (C=O) groups is 2. The zero-order valence-electron chi connectivity index (χ0n) is 12.5. The molecule has 5 heteroatoms. The second-order valence-corrected chi connectivity index (χ2v) is 6.26. The fourth-order valence-electron chi connectivity index (χ4n) is 2.10. The molecule has 0 aliphatic rings. The molecule has 0 saturated heterocycles. The monoisotopic (exact) mass is 272 g/mol. The maximum absolute atomic E-state index is 11.9. The summed E-state index contributed by atoms with van der Waals surface area (Å²) in [6.07, 6.45) is 1.82. The van der Waals surface area contributed by atoms with Crippen molar-refractivity contribution >= 4 is 11.9 Å². The summed E-state index contributed by atoms with van der Waals surface area (Å²) in [5.41, 5.74) is 5.18. The van der Waals surface area contributed by atoms with Crippen LogP contribution >= 0.6 is 0 Å². The van der Waals surface area contributed by atoms with Crippen molar-refractivity contribution in [3.8, 4) is 0 Å². The minimum Gasteiger partial charge on any atom is -0.481 e. The van der Waals surface area contributed by atoms with Crippen LogP contribution in [0.3, 0.4) is 0 Å². The molecule has 0 rings (SSSR count). The van der Waals surface area contributed by atoms with Crippen molar-refractivity contribution in [3.63, 3.8) is 0 Å². The van der Waals surface area contributed by atoms with Crippen molar-refractivity contribution in [3.05, 3.63) is 0 Å². The Kier molecular flexibility index (Phi) is 7.68. The molecule has 1 amide bonds. The molecule has 0 aromatic rings. The van der Waals surface area contributed by atoms with Crippen LogP contribution in [-0.4, -0.2) is 29.1 Å². The Morgan fingerprint density at radius 2 is 1.89 bits per heavy atom. The Hall–Kier alpha value is -1.10. The summed E-state index contributed by atoms with van der Waals surface area (Å²) < 4.78 is 0. The second kappa shape index (κ2) is 8.15. The lowest BCUT2D eigenvalue weighted by molar-refractivity contribution is -0.137. The Balaban J connectivity index is 4.23. The molecule has 0 aromatic heterocycles. The van der Waals surface area contributed by atoms with Gasteiger partial charge in [0, 0.05) is 18.4 Å². The maximum atomic E-state index is 11.9. The van der Waals surface area contributed by atoms with E-state index >= 15 is 0 Å². The van der Waals surface area contributed by atoms with Crippen molar-refractivity contribution in [2.75, 3.05) is 6.54 Å². The van der Waals surface area contributed by atoms with Crippen molar-refractivity contribution in [2.24, 2.45) is 17.6 Å². The summed E-state index contributed by atoms with van der Waals surface area (Å²) in [5.74, 6) is -0.190. The van der Waals surface area contributed by atoms with Gasteiger partial charge in [0.2, 0.25) is 5.91 Å². The molecule has 0 radical (unpaired) electrons. The molecule has 0 saturated carbocycles. The number of hydrogen-bond donors (Lipinski definition) is 3. The number of nitrogens with one attached hydrogen (secondary N) is 1. The molecular weight excluding hydrogens is 244 g/mol. The van der Waals surface area contributed by atoms with Gasteiger partial charge in [0.15, 0.2) is 0 Å². The molecule has 5 nitrogen and oxygen atoms in total. The van der Waals surface area contributed by atoms with E-state index in [0.717, 1.165) is 6.42 Å². The predicted molar refractivity (Wildman–Crippen MR) is 75.7 cm³/mol. The Morgan fingerprint density at radius 1 is 1.32 bits per heavy atom. The van der Waals surface area contributed by atoms with Gasteiger partial charge in [-0.05, 0) is 45.1 Å². The first-order chi connectivity index (χ1) is 8.66. The van der Waals surface area contributed by atoms with Crippen LogP contribution in [0.1, 0.15) is 53.4 Å². The summed E-state index contributed by atoms with van der Waals surface area (Å²) in [6, 6.07) is 0. The summed E-state index contributed by atoms with van der Waals surface area (Å²) in [5, 5.41) is 11.6. The average molecular weight is 272 g/mol. The van der Waals surface area contributed by atoms with Crippen molar-refractivity contribution < 1.29 is 14.7 Å². The quantitative estimate of drug-likeness (QED) is 0.596. The normalized spacial score (nSPS) is 13.4. The van der Waals surface area contributed by atoms with Gasteiger partial charge in [-0.2, -0.15) is 0 Å². The van der Waals surface area contributed by atoms with Crippen LogP contribution in [0.2, 0.25) is 0 Å². The zero-order valence-corrected chi connectivity index (χ0v) is 12.5. The topological polar surface area (TPSA) is 92.4 Å². The van der Waals surface area contributed by atoms with Crippen LogP contribution in [0.15, 0.2) is 0 Å². The zero-order chi connectivity index (χ0) is 15.1. The molecule has 0 heterocycles. The van der Waals surface area contributed by atoms with E-state index in [0.29, 0.717) is 25.3 Å². The van der Waals surface area contributed by atoms with Gasteiger partial charge in [-0.3, -0.25) is 9.59 Å². The standard InChI is InChI=1S/C14H28N2O3/c1-10(2)7-11(9-15)8-12(17)16-14(3,4)6-5-13(18)19/h10-11H,5-9,15H2,1-4H3,(H,16,17)(H,18,19).